The van der Waals surface area contributed by atoms with Crippen LogP contribution < -0.4 is 10.9 Å². The number of aryl methyl sites for hydroxylation is 1. The normalized spacial score (nSPS) is 11.1. The molecule has 9 nitrogen and oxygen atoms in total. The lowest BCUT2D eigenvalue weighted by Crippen LogP contribution is -2.27. The molecule has 4 rings (SSSR count). The number of rotatable bonds is 4. The molecule has 0 fully saturated rings. The Labute approximate surface area is 145 Å². The first-order valence-corrected chi connectivity index (χ1v) is 8.26. The predicted octanol–water partition coefficient (Wildman–Crippen LogP) is 1.22. The average molecular weight is 355 g/mol. The Morgan fingerprint density at radius 3 is 3.12 bits per heavy atom. The molecule has 0 aromatic carbocycles. The number of thiazole rings is 1. The maximum Gasteiger partial charge on any atom is 0.264 e. The van der Waals surface area contributed by atoms with E-state index in [9.17, 15) is 9.59 Å². The van der Waals surface area contributed by atoms with Crippen LogP contribution in [0.4, 0.5) is 5.13 Å². The molecule has 0 atom stereocenters. The van der Waals surface area contributed by atoms with Gasteiger partial charge in [-0.2, -0.15) is 5.10 Å². The first-order chi connectivity index (χ1) is 12.1. The number of hydrogen-bond donors (Lipinski definition) is 2. The van der Waals surface area contributed by atoms with Gasteiger partial charge in [0.05, 0.1) is 17.6 Å². The van der Waals surface area contributed by atoms with Gasteiger partial charge in [0.25, 0.3) is 5.56 Å². The number of hydrogen-bond acceptors (Lipinski definition) is 6. The van der Waals surface area contributed by atoms with E-state index in [1.807, 2.05) is 17.5 Å². The van der Waals surface area contributed by atoms with E-state index in [1.54, 1.807) is 13.2 Å². The van der Waals surface area contributed by atoms with Crippen LogP contribution in [0.15, 0.2) is 41.0 Å². The summed E-state index contributed by atoms with van der Waals surface area (Å²) in [4.78, 5) is 36.1. The molecule has 25 heavy (non-hydrogen) atoms. The summed E-state index contributed by atoms with van der Waals surface area (Å²) in [5, 5.41) is 9.39. The second-order valence-electron chi connectivity index (χ2n) is 5.35. The highest BCUT2D eigenvalue weighted by Crippen LogP contribution is 2.23. The summed E-state index contributed by atoms with van der Waals surface area (Å²) in [6.07, 6.45) is 4.60. The summed E-state index contributed by atoms with van der Waals surface area (Å²) >= 11 is 1.32. The van der Waals surface area contributed by atoms with Gasteiger partial charge >= 0.3 is 0 Å². The number of aromatic nitrogens is 6. The number of aromatic amines is 1. The lowest BCUT2D eigenvalue weighted by atomic mass is 10.3. The Kier molecular flexibility index (Phi) is 3.65. The number of amides is 1. The Balaban J connectivity index is 1.51. The number of carbonyl (C=O) groups excluding carboxylic acids is 1. The van der Waals surface area contributed by atoms with Gasteiger partial charge in [0.2, 0.25) is 5.91 Å². The molecule has 10 heteroatoms. The van der Waals surface area contributed by atoms with Gasteiger partial charge in [-0.15, -0.1) is 11.3 Å². The van der Waals surface area contributed by atoms with Crippen LogP contribution in [0.1, 0.15) is 0 Å². The third kappa shape index (κ3) is 2.83. The summed E-state index contributed by atoms with van der Waals surface area (Å²) in [5.41, 5.74) is 1.80. The van der Waals surface area contributed by atoms with Crippen molar-refractivity contribution < 1.29 is 4.79 Å². The molecule has 0 radical (unpaired) electrons. The van der Waals surface area contributed by atoms with E-state index in [2.05, 4.69) is 25.4 Å². The monoisotopic (exact) mass is 355 g/mol. The van der Waals surface area contributed by atoms with Crippen LogP contribution in [-0.4, -0.2) is 35.2 Å². The molecular weight excluding hydrogens is 342 g/mol. The zero-order valence-corrected chi connectivity index (χ0v) is 13.9. The van der Waals surface area contributed by atoms with Gasteiger partial charge in [-0.05, 0) is 12.1 Å². The third-order valence-electron chi connectivity index (χ3n) is 3.66. The number of anilines is 1. The predicted molar refractivity (Wildman–Crippen MR) is 93.3 cm³/mol. The number of fused-ring (bicyclic) bond motifs is 1. The van der Waals surface area contributed by atoms with E-state index in [0.717, 1.165) is 11.4 Å². The van der Waals surface area contributed by atoms with Crippen molar-refractivity contribution in [2.24, 2.45) is 7.05 Å². The maximum absolute atomic E-state index is 12.4. The quantitative estimate of drug-likeness (QED) is 0.572. The molecule has 1 amide bonds. The molecule has 0 bridgehead atoms. The first-order valence-electron chi connectivity index (χ1n) is 7.38. The van der Waals surface area contributed by atoms with Crippen LogP contribution in [-0.2, 0) is 18.4 Å². The van der Waals surface area contributed by atoms with Crippen molar-refractivity contribution in [2.45, 2.75) is 6.54 Å². The highest BCUT2D eigenvalue weighted by molar-refractivity contribution is 7.14. The Morgan fingerprint density at radius 1 is 1.44 bits per heavy atom. The van der Waals surface area contributed by atoms with Gasteiger partial charge in [-0.1, -0.05) is 0 Å². The number of H-pyrrole nitrogens is 1. The van der Waals surface area contributed by atoms with Crippen molar-refractivity contribution in [3.05, 3.63) is 46.6 Å². The molecular formula is C15H13N7O2S. The Hall–Kier alpha value is -3.27. The van der Waals surface area contributed by atoms with Crippen molar-refractivity contribution in [2.75, 3.05) is 5.32 Å². The Morgan fingerprint density at radius 2 is 2.32 bits per heavy atom. The summed E-state index contributed by atoms with van der Waals surface area (Å²) in [5.74, 6) is -0.348. The van der Waals surface area contributed by atoms with Gasteiger partial charge in [0.15, 0.2) is 10.8 Å². The molecule has 0 aliphatic heterocycles. The minimum absolute atomic E-state index is 0.145. The second-order valence-corrected chi connectivity index (χ2v) is 6.21. The average Bonchev–Trinajstić information content (AvgIpc) is 3.31. The largest absolute Gasteiger partial charge is 0.360 e. The summed E-state index contributed by atoms with van der Waals surface area (Å²) < 4.78 is 2.76. The molecule has 4 aromatic heterocycles. The number of carbonyl (C=O) groups is 1. The fourth-order valence-electron chi connectivity index (χ4n) is 2.44. The van der Waals surface area contributed by atoms with Crippen LogP contribution in [0, 0.1) is 0 Å². The smallest absolute Gasteiger partial charge is 0.264 e. The lowest BCUT2D eigenvalue weighted by Gasteiger charge is -2.05. The Bertz CT molecular complexity index is 1110. The van der Waals surface area contributed by atoms with Crippen LogP contribution in [0.5, 0.6) is 0 Å². The molecule has 0 saturated heterocycles. The molecule has 0 spiro atoms. The van der Waals surface area contributed by atoms with E-state index in [-0.39, 0.29) is 18.0 Å². The van der Waals surface area contributed by atoms with E-state index in [4.69, 9.17) is 0 Å². The minimum Gasteiger partial charge on any atom is -0.360 e. The lowest BCUT2D eigenvalue weighted by molar-refractivity contribution is -0.116. The SMILES string of the molecule is Cn1ncc2c(=O)n(CC(=O)Nc3nc(-c4ccc[nH]4)cs3)cnc21. The van der Waals surface area contributed by atoms with Gasteiger partial charge in [-0.25, -0.2) is 9.97 Å². The zero-order chi connectivity index (χ0) is 17.4. The second kappa shape index (κ2) is 5.98. The summed E-state index contributed by atoms with van der Waals surface area (Å²) in [7, 11) is 1.70. The van der Waals surface area contributed by atoms with Crippen LogP contribution in [0.25, 0.3) is 22.4 Å². The number of nitrogens with zero attached hydrogens (tertiary/aromatic N) is 5. The van der Waals surface area contributed by atoms with E-state index >= 15 is 0 Å². The zero-order valence-electron chi connectivity index (χ0n) is 13.1. The molecule has 0 unspecified atom stereocenters. The van der Waals surface area contributed by atoms with Crippen molar-refractivity contribution in [1.29, 1.82) is 0 Å². The van der Waals surface area contributed by atoms with Crippen LogP contribution in [0.3, 0.4) is 0 Å². The molecule has 4 aromatic rings. The van der Waals surface area contributed by atoms with Gasteiger partial charge < -0.3 is 10.3 Å². The first kappa shape index (κ1) is 15.3. The molecule has 2 N–H and O–H groups in total. The van der Waals surface area contributed by atoms with Gasteiger partial charge in [-0.3, -0.25) is 18.8 Å². The molecule has 4 heterocycles. The molecule has 0 aliphatic rings. The van der Waals surface area contributed by atoms with Crippen molar-refractivity contribution >= 4 is 33.4 Å². The fourth-order valence-corrected chi connectivity index (χ4v) is 3.16. The topological polar surface area (TPSA) is 110 Å². The van der Waals surface area contributed by atoms with Gasteiger partial charge in [0, 0.05) is 18.6 Å². The van der Waals surface area contributed by atoms with Crippen molar-refractivity contribution in [3.8, 4) is 11.4 Å². The van der Waals surface area contributed by atoms with E-state index in [0.29, 0.717) is 16.2 Å². The minimum atomic E-state index is -0.348. The fraction of sp³-hybridized carbons (Fsp3) is 0.133. The highest BCUT2D eigenvalue weighted by Gasteiger charge is 2.12. The summed E-state index contributed by atoms with van der Waals surface area (Å²) in [6.45, 7) is -0.145. The summed E-state index contributed by atoms with van der Waals surface area (Å²) in [6, 6.07) is 3.77. The standard InChI is InChI=1S/C15H13N7O2S/c1-21-13-9(5-18-21)14(24)22(8-17-13)6-12(23)20-15-19-11(7-25-15)10-3-2-4-16-10/h2-5,7-8,16H,6H2,1H3,(H,19,20,23). The van der Waals surface area contributed by atoms with E-state index in [1.165, 1.54) is 33.1 Å². The molecule has 0 aliphatic carbocycles. The maximum atomic E-state index is 12.4. The van der Waals surface area contributed by atoms with Crippen molar-refractivity contribution in [1.82, 2.24) is 29.3 Å². The van der Waals surface area contributed by atoms with Crippen LogP contribution in [0.2, 0.25) is 0 Å². The number of nitrogens with one attached hydrogen (secondary N) is 2. The third-order valence-corrected chi connectivity index (χ3v) is 4.41. The molecule has 126 valence electrons. The van der Waals surface area contributed by atoms with Crippen molar-refractivity contribution in [3.63, 3.8) is 0 Å². The van der Waals surface area contributed by atoms with Crippen LogP contribution >= 0.6 is 11.3 Å². The van der Waals surface area contributed by atoms with Gasteiger partial charge in [0.1, 0.15) is 18.3 Å². The molecule has 0 saturated carbocycles. The van der Waals surface area contributed by atoms with E-state index < -0.39 is 0 Å². The highest BCUT2D eigenvalue weighted by atomic mass is 32.1.